The van der Waals surface area contributed by atoms with Crippen LogP contribution in [0.15, 0.2) is 60.7 Å². The molecule has 1 aliphatic rings. The number of hydrogen-bond donors (Lipinski definition) is 1. The van der Waals surface area contributed by atoms with Gasteiger partial charge in [-0.1, -0.05) is 60.7 Å². The van der Waals surface area contributed by atoms with Crippen molar-refractivity contribution in [2.45, 2.75) is 39.0 Å². The average Bonchev–Trinajstić information content (AvgIpc) is 3.05. The Morgan fingerprint density at radius 1 is 0.909 bits per heavy atom. The molecule has 1 heterocycles. The van der Waals surface area contributed by atoms with Crippen LogP contribution in [0.5, 0.6) is 0 Å². The van der Waals surface area contributed by atoms with E-state index >= 15 is 0 Å². The summed E-state index contributed by atoms with van der Waals surface area (Å²) in [5.74, 6) is -0.980. The minimum absolute atomic E-state index is 0.103. The minimum Gasteiger partial charge on any atom is -0.466 e. The summed E-state index contributed by atoms with van der Waals surface area (Å²) in [6, 6.07) is 18.0. The predicted octanol–water partition coefficient (Wildman–Crippen LogP) is 3.89. The standard InChI is InChI=1S/C25H30N2O6/c1-2-31-23(28)21-14-9-15-27(25(30)33-18-20-12-7-4-8-13-20)16-22(21)26-24(29)32-17-19-10-5-3-6-11-19/h3-8,10-13,21-22H,2,9,14-18H2,1H3,(H,26,29). The number of carbonyl (C=O) groups excluding carboxylic acids is 3. The number of nitrogens with zero attached hydrogens (tertiary/aromatic N) is 1. The molecule has 0 saturated carbocycles. The van der Waals surface area contributed by atoms with Gasteiger partial charge in [0, 0.05) is 13.1 Å². The minimum atomic E-state index is -0.655. The van der Waals surface area contributed by atoms with Crippen LogP contribution in [-0.4, -0.2) is 48.8 Å². The van der Waals surface area contributed by atoms with Crippen LogP contribution in [-0.2, 0) is 32.2 Å². The van der Waals surface area contributed by atoms with Gasteiger partial charge < -0.3 is 24.4 Å². The number of likely N-dealkylation sites (tertiary alicyclic amines) is 1. The number of esters is 1. The van der Waals surface area contributed by atoms with Gasteiger partial charge in [0.15, 0.2) is 0 Å². The van der Waals surface area contributed by atoms with Gasteiger partial charge in [0.25, 0.3) is 0 Å². The number of amides is 2. The number of carbonyl (C=O) groups is 3. The molecule has 2 aromatic carbocycles. The van der Waals surface area contributed by atoms with Gasteiger partial charge >= 0.3 is 18.2 Å². The monoisotopic (exact) mass is 454 g/mol. The molecule has 33 heavy (non-hydrogen) atoms. The highest BCUT2D eigenvalue weighted by Gasteiger charge is 2.36. The summed E-state index contributed by atoms with van der Waals surface area (Å²) in [6.45, 7) is 2.76. The zero-order chi connectivity index (χ0) is 23.5. The first kappa shape index (κ1) is 24.1. The maximum absolute atomic E-state index is 12.7. The summed E-state index contributed by atoms with van der Waals surface area (Å²) in [5.41, 5.74) is 1.73. The Morgan fingerprint density at radius 3 is 2.12 bits per heavy atom. The summed E-state index contributed by atoms with van der Waals surface area (Å²) < 4.78 is 16.0. The van der Waals surface area contributed by atoms with Gasteiger partial charge in [-0.05, 0) is 30.9 Å². The molecule has 3 rings (SSSR count). The molecule has 2 amide bonds. The Bertz CT molecular complexity index is 906. The molecule has 1 N–H and O–H groups in total. The zero-order valence-corrected chi connectivity index (χ0v) is 18.8. The lowest BCUT2D eigenvalue weighted by Gasteiger charge is -2.27. The molecule has 176 valence electrons. The molecule has 1 saturated heterocycles. The fourth-order valence-electron chi connectivity index (χ4n) is 3.73. The first-order valence-electron chi connectivity index (χ1n) is 11.2. The summed E-state index contributed by atoms with van der Waals surface area (Å²) in [5, 5.41) is 2.77. The SMILES string of the molecule is CCOC(=O)C1CCCN(C(=O)OCc2ccccc2)CC1NC(=O)OCc1ccccc1. The maximum atomic E-state index is 12.7. The van der Waals surface area contributed by atoms with Crippen molar-refractivity contribution in [3.8, 4) is 0 Å². The Balaban J connectivity index is 1.63. The van der Waals surface area contributed by atoms with Crippen LogP contribution in [0, 0.1) is 5.92 Å². The van der Waals surface area contributed by atoms with Crippen molar-refractivity contribution in [3.05, 3.63) is 71.8 Å². The molecule has 8 nitrogen and oxygen atoms in total. The second-order valence-electron chi connectivity index (χ2n) is 7.80. The summed E-state index contributed by atoms with van der Waals surface area (Å²) in [4.78, 5) is 39.3. The van der Waals surface area contributed by atoms with E-state index < -0.39 is 30.1 Å². The van der Waals surface area contributed by atoms with Crippen LogP contribution in [0.3, 0.4) is 0 Å². The van der Waals surface area contributed by atoms with Crippen LogP contribution in [0.4, 0.5) is 9.59 Å². The first-order chi connectivity index (χ1) is 16.1. The molecule has 2 unspecified atom stereocenters. The van der Waals surface area contributed by atoms with Crippen molar-refractivity contribution >= 4 is 18.2 Å². The van der Waals surface area contributed by atoms with Gasteiger partial charge in [-0.25, -0.2) is 9.59 Å². The van der Waals surface area contributed by atoms with Crippen molar-refractivity contribution in [1.29, 1.82) is 0 Å². The fourth-order valence-corrected chi connectivity index (χ4v) is 3.73. The Kier molecular flexibility index (Phi) is 9.11. The summed E-state index contributed by atoms with van der Waals surface area (Å²) in [6.07, 6.45) is -0.0861. The third kappa shape index (κ3) is 7.52. The van der Waals surface area contributed by atoms with E-state index in [1.165, 1.54) is 4.90 Å². The number of nitrogens with one attached hydrogen (secondary N) is 1. The van der Waals surface area contributed by atoms with Crippen LogP contribution in [0.1, 0.15) is 30.9 Å². The summed E-state index contributed by atoms with van der Waals surface area (Å²) >= 11 is 0. The van der Waals surface area contributed by atoms with Gasteiger partial charge in [0.05, 0.1) is 18.6 Å². The second kappa shape index (κ2) is 12.5. The smallest absolute Gasteiger partial charge is 0.410 e. The normalized spacial score (nSPS) is 18.0. The van der Waals surface area contributed by atoms with Gasteiger partial charge in [-0.15, -0.1) is 0 Å². The van der Waals surface area contributed by atoms with Crippen molar-refractivity contribution < 1.29 is 28.6 Å². The fraction of sp³-hybridized carbons (Fsp3) is 0.400. The van der Waals surface area contributed by atoms with Gasteiger partial charge in [-0.3, -0.25) is 4.79 Å². The molecule has 0 radical (unpaired) electrons. The molecule has 0 spiro atoms. The number of hydrogen-bond acceptors (Lipinski definition) is 6. The van der Waals surface area contributed by atoms with E-state index in [4.69, 9.17) is 14.2 Å². The van der Waals surface area contributed by atoms with Crippen LogP contribution in [0.25, 0.3) is 0 Å². The molecule has 0 aromatic heterocycles. The van der Waals surface area contributed by atoms with Gasteiger partial charge in [0.1, 0.15) is 13.2 Å². The molecule has 2 atom stereocenters. The zero-order valence-electron chi connectivity index (χ0n) is 18.8. The van der Waals surface area contributed by atoms with Gasteiger partial charge in [0.2, 0.25) is 0 Å². The molecule has 2 aromatic rings. The van der Waals surface area contributed by atoms with Crippen LogP contribution in [0.2, 0.25) is 0 Å². The van der Waals surface area contributed by atoms with E-state index in [1.54, 1.807) is 6.92 Å². The van der Waals surface area contributed by atoms with Gasteiger partial charge in [-0.2, -0.15) is 0 Å². The molecular formula is C25H30N2O6. The van der Waals surface area contributed by atoms with E-state index in [2.05, 4.69) is 5.32 Å². The van der Waals surface area contributed by atoms with E-state index in [-0.39, 0.29) is 26.4 Å². The van der Waals surface area contributed by atoms with E-state index in [0.717, 1.165) is 11.1 Å². The summed E-state index contributed by atoms with van der Waals surface area (Å²) in [7, 11) is 0. The number of alkyl carbamates (subject to hydrolysis) is 1. The highest BCUT2D eigenvalue weighted by Crippen LogP contribution is 2.21. The van der Waals surface area contributed by atoms with E-state index in [9.17, 15) is 14.4 Å². The molecule has 0 bridgehead atoms. The third-order valence-corrected chi connectivity index (χ3v) is 5.41. The highest BCUT2D eigenvalue weighted by atomic mass is 16.6. The third-order valence-electron chi connectivity index (χ3n) is 5.41. The Labute approximate surface area is 193 Å². The maximum Gasteiger partial charge on any atom is 0.410 e. The highest BCUT2D eigenvalue weighted by molar-refractivity contribution is 5.76. The molecule has 1 fully saturated rings. The number of benzene rings is 2. The van der Waals surface area contributed by atoms with Crippen molar-refractivity contribution in [1.82, 2.24) is 10.2 Å². The first-order valence-corrected chi connectivity index (χ1v) is 11.2. The second-order valence-corrected chi connectivity index (χ2v) is 7.80. The Morgan fingerprint density at radius 2 is 1.52 bits per heavy atom. The van der Waals surface area contributed by atoms with Crippen molar-refractivity contribution in [2.75, 3.05) is 19.7 Å². The largest absolute Gasteiger partial charge is 0.466 e. The molecule has 0 aliphatic carbocycles. The van der Waals surface area contributed by atoms with Crippen molar-refractivity contribution in [2.24, 2.45) is 5.92 Å². The lowest BCUT2D eigenvalue weighted by atomic mass is 9.96. The van der Waals surface area contributed by atoms with E-state index in [1.807, 2.05) is 60.7 Å². The average molecular weight is 455 g/mol. The van der Waals surface area contributed by atoms with Crippen molar-refractivity contribution in [3.63, 3.8) is 0 Å². The lowest BCUT2D eigenvalue weighted by Crippen LogP contribution is -2.50. The van der Waals surface area contributed by atoms with Crippen LogP contribution < -0.4 is 5.32 Å². The molecule has 1 aliphatic heterocycles. The predicted molar refractivity (Wildman–Crippen MR) is 121 cm³/mol. The Hall–Kier alpha value is -3.55. The molecule has 8 heteroatoms. The van der Waals surface area contributed by atoms with Crippen LogP contribution >= 0.6 is 0 Å². The molecular weight excluding hydrogens is 424 g/mol. The lowest BCUT2D eigenvalue weighted by molar-refractivity contribution is -0.149. The quantitative estimate of drug-likeness (QED) is 0.504. The van der Waals surface area contributed by atoms with E-state index in [0.29, 0.717) is 19.4 Å². The number of ether oxygens (including phenoxy) is 3. The number of rotatable bonds is 7. The topological polar surface area (TPSA) is 94.2 Å².